The number of hydrogen-bond acceptors (Lipinski definition) is 1. The smallest absolute Gasteiger partial charge is 0.0248 e. The molecule has 0 aromatic rings. The summed E-state index contributed by atoms with van der Waals surface area (Å²) in [5.74, 6) is 0. The van der Waals surface area contributed by atoms with Gasteiger partial charge in [0.2, 0.25) is 0 Å². The molecule has 0 rings (SSSR count). The van der Waals surface area contributed by atoms with E-state index in [1.165, 1.54) is 5.57 Å². The third kappa shape index (κ3) is 2.12. The Kier molecular flexibility index (Phi) is 3.53. The molecule has 0 aromatic carbocycles. The largest absolute Gasteiger partial charge is 0.324 e. The standard InChI is InChI=1S/C7H15N/c1-4-6(3)7(8)5-2/h4,7H,5,8H2,1-3H3. The summed E-state index contributed by atoms with van der Waals surface area (Å²) in [5.41, 5.74) is 6.94. The van der Waals surface area contributed by atoms with Crippen LogP contribution in [-0.4, -0.2) is 6.04 Å². The quantitative estimate of drug-likeness (QED) is 0.542. The van der Waals surface area contributed by atoms with Crippen LogP contribution in [0.4, 0.5) is 0 Å². The van der Waals surface area contributed by atoms with Gasteiger partial charge in [0.05, 0.1) is 0 Å². The van der Waals surface area contributed by atoms with Gasteiger partial charge in [0.25, 0.3) is 0 Å². The van der Waals surface area contributed by atoms with E-state index in [1.807, 2.05) is 6.92 Å². The summed E-state index contributed by atoms with van der Waals surface area (Å²) < 4.78 is 0. The maximum Gasteiger partial charge on any atom is 0.0248 e. The first-order chi connectivity index (χ1) is 3.72. The highest BCUT2D eigenvalue weighted by Gasteiger charge is 1.96. The van der Waals surface area contributed by atoms with Gasteiger partial charge >= 0.3 is 0 Å². The van der Waals surface area contributed by atoms with Gasteiger partial charge in [-0.15, -0.1) is 0 Å². The molecule has 8 heavy (non-hydrogen) atoms. The van der Waals surface area contributed by atoms with E-state index in [0.29, 0.717) is 0 Å². The second-order valence-electron chi connectivity index (χ2n) is 2.05. The van der Waals surface area contributed by atoms with E-state index in [0.717, 1.165) is 6.42 Å². The molecule has 48 valence electrons. The van der Waals surface area contributed by atoms with Crippen molar-refractivity contribution in [2.75, 3.05) is 0 Å². The van der Waals surface area contributed by atoms with Gasteiger partial charge in [0.15, 0.2) is 0 Å². The first kappa shape index (κ1) is 7.70. The summed E-state index contributed by atoms with van der Waals surface area (Å²) in [4.78, 5) is 0. The normalized spacial score (nSPS) is 16.2. The summed E-state index contributed by atoms with van der Waals surface area (Å²) in [6, 6.07) is 0.278. The summed E-state index contributed by atoms with van der Waals surface area (Å²) in [5, 5.41) is 0. The van der Waals surface area contributed by atoms with Crippen molar-refractivity contribution in [3.8, 4) is 0 Å². The summed E-state index contributed by atoms with van der Waals surface area (Å²) in [6.45, 7) is 6.18. The first-order valence-corrected chi connectivity index (χ1v) is 3.10. The molecule has 0 radical (unpaired) electrons. The molecule has 0 aromatic heterocycles. The SMILES string of the molecule is CC=C(C)C(N)CC. The van der Waals surface area contributed by atoms with Crippen molar-refractivity contribution in [2.24, 2.45) is 5.73 Å². The number of nitrogens with two attached hydrogens (primary N) is 1. The molecule has 1 atom stereocenters. The molecule has 2 N–H and O–H groups in total. The van der Waals surface area contributed by atoms with Gasteiger partial charge in [-0.05, 0) is 20.3 Å². The van der Waals surface area contributed by atoms with Crippen LogP contribution in [-0.2, 0) is 0 Å². The summed E-state index contributed by atoms with van der Waals surface area (Å²) in [7, 11) is 0. The topological polar surface area (TPSA) is 26.0 Å². The predicted octanol–water partition coefficient (Wildman–Crippen LogP) is 1.69. The van der Waals surface area contributed by atoms with E-state index < -0.39 is 0 Å². The second kappa shape index (κ2) is 3.67. The van der Waals surface area contributed by atoms with Crippen molar-refractivity contribution >= 4 is 0 Å². The lowest BCUT2D eigenvalue weighted by molar-refractivity contribution is 0.738. The zero-order valence-electron chi connectivity index (χ0n) is 5.94. The van der Waals surface area contributed by atoms with Crippen LogP contribution in [0.3, 0.4) is 0 Å². The van der Waals surface area contributed by atoms with Gasteiger partial charge in [0.1, 0.15) is 0 Å². The van der Waals surface area contributed by atoms with Crippen LogP contribution in [0.15, 0.2) is 11.6 Å². The van der Waals surface area contributed by atoms with Gasteiger partial charge in [-0.25, -0.2) is 0 Å². The van der Waals surface area contributed by atoms with Gasteiger partial charge in [-0.1, -0.05) is 18.6 Å². The summed E-state index contributed by atoms with van der Waals surface area (Å²) in [6.07, 6.45) is 3.10. The fourth-order valence-corrected chi connectivity index (χ4v) is 0.536. The molecule has 0 aliphatic rings. The van der Waals surface area contributed by atoms with Crippen molar-refractivity contribution in [3.05, 3.63) is 11.6 Å². The molecule has 0 amide bonds. The highest BCUT2D eigenvalue weighted by atomic mass is 14.6. The van der Waals surface area contributed by atoms with Crippen molar-refractivity contribution in [1.29, 1.82) is 0 Å². The fourth-order valence-electron chi connectivity index (χ4n) is 0.536. The average Bonchev–Trinajstić information content (AvgIpc) is 1.84. The molecule has 0 spiro atoms. The number of hydrogen-bond donors (Lipinski definition) is 1. The van der Waals surface area contributed by atoms with Crippen LogP contribution in [0.5, 0.6) is 0 Å². The third-order valence-electron chi connectivity index (χ3n) is 1.48. The average molecular weight is 113 g/mol. The van der Waals surface area contributed by atoms with Crippen molar-refractivity contribution in [3.63, 3.8) is 0 Å². The highest BCUT2D eigenvalue weighted by Crippen LogP contribution is 2.00. The zero-order valence-corrected chi connectivity index (χ0v) is 5.94. The lowest BCUT2D eigenvalue weighted by Gasteiger charge is -2.06. The highest BCUT2D eigenvalue weighted by molar-refractivity contribution is 5.04. The van der Waals surface area contributed by atoms with Crippen LogP contribution < -0.4 is 5.73 Å². The first-order valence-electron chi connectivity index (χ1n) is 3.10. The van der Waals surface area contributed by atoms with Crippen LogP contribution in [0.25, 0.3) is 0 Å². The Balaban J connectivity index is 3.63. The molecule has 0 aliphatic carbocycles. The summed E-state index contributed by atoms with van der Waals surface area (Å²) >= 11 is 0. The lowest BCUT2D eigenvalue weighted by Crippen LogP contribution is -2.19. The second-order valence-corrected chi connectivity index (χ2v) is 2.05. The molecule has 1 unspecified atom stereocenters. The van der Waals surface area contributed by atoms with E-state index in [1.54, 1.807) is 0 Å². The van der Waals surface area contributed by atoms with E-state index in [-0.39, 0.29) is 6.04 Å². The van der Waals surface area contributed by atoms with Crippen molar-refractivity contribution < 1.29 is 0 Å². The molecule has 0 fully saturated rings. The molecule has 0 bridgehead atoms. The third-order valence-corrected chi connectivity index (χ3v) is 1.48. The molecule has 1 heteroatoms. The van der Waals surface area contributed by atoms with E-state index >= 15 is 0 Å². The van der Waals surface area contributed by atoms with Crippen molar-refractivity contribution in [1.82, 2.24) is 0 Å². The lowest BCUT2D eigenvalue weighted by atomic mass is 10.1. The predicted molar refractivity (Wildman–Crippen MR) is 37.7 cm³/mol. The van der Waals surface area contributed by atoms with Crippen LogP contribution in [0, 0.1) is 0 Å². The maximum absolute atomic E-state index is 5.66. The Morgan fingerprint density at radius 1 is 1.75 bits per heavy atom. The van der Waals surface area contributed by atoms with Gasteiger partial charge in [-0.2, -0.15) is 0 Å². The van der Waals surface area contributed by atoms with Gasteiger partial charge in [-0.3, -0.25) is 0 Å². The van der Waals surface area contributed by atoms with E-state index in [4.69, 9.17) is 5.73 Å². The van der Waals surface area contributed by atoms with Crippen LogP contribution in [0.2, 0.25) is 0 Å². The fraction of sp³-hybridized carbons (Fsp3) is 0.714. The number of allylic oxidation sites excluding steroid dienone is 1. The van der Waals surface area contributed by atoms with Gasteiger partial charge in [0, 0.05) is 6.04 Å². The van der Waals surface area contributed by atoms with Crippen LogP contribution in [0.1, 0.15) is 27.2 Å². The molecular formula is C7H15N. The minimum atomic E-state index is 0.278. The van der Waals surface area contributed by atoms with E-state index in [2.05, 4.69) is 19.9 Å². The maximum atomic E-state index is 5.66. The minimum absolute atomic E-state index is 0.278. The number of rotatable bonds is 2. The van der Waals surface area contributed by atoms with Gasteiger partial charge < -0.3 is 5.73 Å². The van der Waals surface area contributed by atoms with E-state index in [9.17, 15) is 0 Å². The Morgan fingerprint density at radius 2 is 2.25 bits per heavy atom. The minimum Gasteiger partial charge on any atom is -0.324 e. The zero-order chi connectivity index (χ0) is 6.57. The molecular weight excluding hydrogens is 98.1 g/mol. The molecule has 0 saturated carbocycles. The Bertz CT molecular complexity index is 84.4. The molecule has 0 saturated heterocycles. The van der Waals surface area contributed by atoms with Crippen molar-refractivity contribution in [2.45, 2.75) is 33.2 Å². The Morgan fingerprint density at radius 3 is 2.38 bits per heavy atom. The monoisotopic (exact) mass is 113 g/mol. The van der Waals surface area contributed by atoms with Crippen LogP contribution >= 0.6 is 0 Å². The molecule has 0 aliphatic heterocycles. The molecule has 0 heterocycles. The Labute approximate surface area is 51.6 Å². The molecule has 1 nitrogen and oxygen atoms in total. The Hall–Kier alpha value is -0.300.